The van der Waals surface area contributed by atoms with E-state index in [0.717, 1.165) is 6.07 Å². The molecule has 1 aromatic rings. The Labute approximate surface area is 116 Å². The molecule has 0 aliphatic rings. The van der Waals surface area contributed by atoms with E-state index in [1.165, 1.54) is 0 Å². The highest BCUT2D eigenvalue weighted by Gasteiger charge is 2.38. The van der Waals surface area contributed by atoms with Gasteiger partial charge in [0.25, 0.3) is 5.69 Å². The molecule has 5 nitrogen and oxygen atoms in total. The Morgan fingerprint density at radius 1 is 1.35 bits per heavy atom. The number of hydrogen-bond donors (Lipinski definition) is 2. The molecule has 0 aliphatic heterocycles. The lowest BCUT2D eigenvalue weighted by molar-refractivity contribution is -0.388. The van der Waals surface area contributed by atoms with Crippen molar-refractivity contribution in [2.24, 2.45) is 0 Å². The zero-order valence-electron chi connectivity index (χ0n) is 9.97. The molecule has 20 heavy (non-hydrogen) atoms. The Morgan fingerprint density at radius 3 is 2.40 bits per heavy atom. The fraction of sp³-hybridized carbons (Fsp3) is 0.455. The molecule has 2 unspecified atom stereocenters. The van der Waals surface area contributed by atoms with Crippen LogP contribution in [-0.2, 0) is 6.18 Å². The number of alkyl halides is 4. The van der Waals surface area contributed by atoms with Crippen LogP contribution in [0.15, 0.2) is 18.2 Å². The number of nitrogens with zero attached hydrogens (tertiary/aromatic N) is 1. The number of aliphatic hydroxyl groups is 2. The lowest BCUT2D eigenvalue weighted by atomic mass is 10.00. The van der Waals surface area contributed by atoms with E-state index in [0.29, 0.717) is 12.1 Å². The first kappa shape index (κ1) is 16.7. The summed E-state index contributed by atoms with van der Waals surface area (Å²) < 4.78 is 37.8. The molecule has 0 aromatic heterocycles. The van der Waals surface area contributed by atoms with Crippen LogP contribution in [0.1, 0.15) is 23.7 Å². The van der Waals surface area contributed by atoms with Crippen LogP contribution in [0.3, 0.4) is 0 Å². The van der Waals surface area contributed by atoms with Gasteiger partial charge >= 0.3 is 6.18 Å². The highest BCUT2D eigenvalue weighted by atomic mass is 35.5. The van der Waals surface area contributed by atoms with E-state index in [4.69, 9.17) is 11.6 Å². The summed E-state index contributed by atoms with van der Waals surface area (Å²) in [7, 11) is 0. The summed E-state index contributed by atoms with van der Waals surface area (Å²) >= 11 is 5.37. The number of rotatable bonds is 5. The zero-order chi connectivity index (χ0) is 15.5. The van der Waals surface area contributed by atoms with Crippen molar-refractivity contribution in [1.29, 1.82) is 0 Å². The van der Waals surface area contributed by atoms with Gasteiger partial charge in [0.2, 0.25) is 0 Å². The van der Waals surface area contributed by atoms with Crippen LogP contribution >= 0.6 is 11.6 Å². The average Bonchev–Trinajstić information content (AvgIpc) is 2.36. The van der Waals surface area contributed by atoms with Gasteiger partial charge in [0, 0.05) is 11.9 Å². The summed E-state index contributed by atoms with van der Waals surface area (Å²) in [5.41, 5.74) is -2.76. The van der Waals surface area contributed by atoms with Gasteiger partial charge in [-0.2, -0.15) is 13.2 Å². The lowest BCUT2D eigenvalue weighted by Gasteiger charge is -2.18. The number of nitro groups is 1. The van der Waals surface area contributed by atoms with Crippen LogP contribution in [0.2, 0.25) is 0 Å². The van der Waals surface area contributed by atoms with Gasteiger partial charge < -0.3 is 10.2 Å². The number of benzene rings is 1. The Hall–Kier alpha value is -1.38. The third kappa shape index (κ3) is 3.81. The van der Waals surface area contributed by atoms with Crippen molar-refractivity contribution in [3.8, 4) is 0 Å². The third-order valence-corrected chi connectivity index (χ3v) is 2.85. The minimum atomic E-state index is -4.87. The molecule has 0 spiro atoms. The van der Waals surface area contributed by atoms with E-state index < -0.39 is 34.6 Å². The van der Waals surface area contributed by atoms with Gasteiger partial charge in [0.15, 0.2) is 0 Å². The molecule has 0 aliphatic carbocycles. The Balaban J connectivity index is 3.20. The van der Waals surface area contributed by atoms with E-state index in [9.17, 15) is 33.5 Å². The fourth-order valence-corrected chi connectivity index (χ4v) is 1.84. The summed E-state index contributed by atoms with van der Waals surface area (Å²) in [6.45, 7) is 0. The monoisotopic (exact) mass is 313 g/mol. The van der Waals surface area contributed by atoms with E-state index in [1.807, 2.05) is 0 Å². The largest absolute Gasteiger partial charge is 0.422 e. The molecule has 1 rings (SSSR count). The molecule has 0 radical (unpaired) electrons. The molecule has 2 atom stereocenters. The second-order valence-corrected chi connectivity index (χ2v) is 4.40. The first-order valence-electron chi connectivity index (χ1n) is 5.46. The first-order chi connectivity index (χ1) is 9.18. The predicted molar refractivity (Wildman–Crippen MR) is 64.4 cm³/mol. The molecule has 9 heteroatoms. The molecule has 112 valence electrons. The van der Waals surface area contributed by atoms with Crippen molar-refractivity contribution in [2.75, 3.05) is 5.88 Å². The van der Waals surface area contributed by atoms with Crippen molar-refractivity contribution in [3.05, 3.63) is 39.4 Å². The maximum absolute atomic E-state index is 12.6. The van der Waals surface area contributed by atoms with Crippen molar-refractivity contribution in [3.63, 3.8) is 0 Å². The molecule has 2 N–H and O–H groups in total. The van der Waals surface area contributed by atoms with Crippen molar-refractivity contribution in [2.45, 2.75) is 24.8 Å². The van der Waals surface area contributed by atoms with E-state index >= 15 is 0 Å². The van der Waals surface area contributed by atoms with Gasteiger partial charge in [-0.3, -0.25) is 10.1 Å². The molecule has 0 saturated carbocycles. The normalized spacial score (nSPS) is 14.9. The lowest BCUT2D eigenvalue weighted by Crippen LogP contribution is -2.19. The van der Waals surface area contributed by atoms with Gasteiger partial charge in [0.05, 0.1) is 11.0 Å². The number of aliphatic hydroxyl groups excluding tert-OH is 2. The van der Waals surface area contributed by atoms with E-state index in [1.54, 1.807) is 0 Å². The standard InChI is InChI=1S/C11H11ClF3NO4/c12-4-3-9(17)10(18)6-1-2-7(11(13,14)15)8(5-6)16(19)20/h1-2,5,9-10,17-18H,3-4H2. The van der Waals surface area contributed by atoms with Crippen molar-refractivity contribution >= 4 is 17.3 Å². The fourth-order valence-electron chi connectivity index (χ4n) is 1.62. The average molecular weight is 314 g/mol. The topological polar surface area (TPSA) is 83.6 Å². The zero-order valence-corrected chi connectivity index (χ0v) is 10.7. The van der Waals surface area contributed by atoms with Crippen LogP contribution in [0.25, 0.3) is 0 Å². The van der Waals surface area contributed by atoms with Crippen LogP contribution in [0, 0.1) is 10.1 Å². The number of nitro benzene ring substituents is 1. The smallest absolute Gasteiger partial charge is 0.390 e. The maximum atomic E-state index is 12.6. The highest BCUT2D eigenvalue weighted by molar-refractivity contribution is 6.17. The molecule has 1 aromatic carbocycles. The molecule has 0 saturated heterocycles. The molecule has 0 bridgehead atoms. The van der Waals surface area contributed by atoms with Gasteiger partial charge in [-0.15, -0.1) is 11.6 Å². The SMILES string of the molecule is O=[N+]([O-])c1cc(C(O)C(O)CCCl)ccc1C(F)(F)F. The Kier molecular flexibility index (Phi) is 5.32. The summed E-state index contributed by atoms with van der Waals surface area (Å²) in [5.74, 6) is 0.0287. The summed E-state index contributed by atoms with van der Waals surface area (Å²) in [6.07, 6.45) is -7.74. The van der Waals surface area contributed by atoms with E-state index in [-0.39, 0.29) is 17.9 Å². The van der Waals surface area contributed by atoms with Crippen molar-refractivity contribution in [1.82, 2.24) is 0 Å². The summed E-state index contributed by atoms with van der Waals surface area (Å²) in [5, 5.41) is 29.9. The first-order valence-corrected chi connectivity index (χ1v) is 5.99. The molecule has 0 fully saturated rings. The van der Waals surface area contributed by atoms with Gasteiger partial charge in [-0.1, -0.05) is 6.07 Å². The van der Waals surface area contributed by atoms with Crippen LogP contribution in [-0.4, -0.2) is 27.1 Å². The molecular weight excluding hydrogens is 303 g/mol. The highest BCUT2D eigenvalue weighted by Crippen LogP contribution is 2.37. The van der Waals surface area contributed by atoms with Gasteiger partial charge in [-0.05, 0) is 18.1 Å². The minimum absolute atomic E-state index is 0.00244. The third-order valence-electron chi connectivity index (χ3n) is 2.63. The second-order valence-electron chi connectivity index (χ2n) is 4.02. The Morgan fingerprint density at radius 2 is 1.95 bits per heavy atom. The quantitative estimate of drug-likeness (QED) is 0.497. The predicted octanol–water partition coefficient (Wildman–Crippen LogP) is 2.64. The number of hydrogen-bond acceptors (Lipinski definition) is 4. The Bertz CT molecular complexity index is 495. The summed E-state index contributed by atoms with van der Waals surface area (Å²) in [6, 6.07) is 1.99. The number of halogens is 4. The summed E-state index contributed by atoms with van der Waals surface area (Å²) in [4.78, 5) is 9.49. The van der Waals surface area contributed by atoms with Crippen molar-refractivity contribution < 1.29 is 28.3 Å². The van der Waals surface area contributed by atoms with Crippen LogP contribution < -0.4 is 0 Å². The van der Waals surface area contributed by atoms with Gasteiger partial charge in [0.1, 0.15) is 11.7 Å². The minimum Gasteiger partial charge on any atom is -0.390 e. The van der Waals surface area contributed by atoms with E-state index in [2.05, 4.69) is 0 Å². The van der Waals surface area contributed by atoms with Crippen LogP contribution in [0.5, 0.6) is 0 Å². The van der Waals surface area contributed by atoms with Crippen LogP contribution in [0.4, 0.5) is 18.9 Å². The van der Waals surface area contributed by atoms with Gasteiger partial charge in [-0.25, -0.2) is 0 Å². The molecule has 0 amide bonds. The maximum Gasteiger partial charge on any atom is 0.422 e. The second kappa shape index (κ2) is 6.38. The molecular formula is C11H11ClF3NO4. The molecule has 0 heterocycles.